The van der Waals surface area contributed by atoms with Crippen molar-refractivity contribution in [2.45, 2.75) is 32.1 Å². The molecule has 9 heteroatoms. The van der Waals surface area contributed by atoms with Crippen LogP contribution in [0.4, 0.5) is 13.2 Å². The minimum atomic E-state index is -4.40. The summed E-state index contributed by atoms with van der Waals surface area (Å²) in [6.07, 6.45) is -2.25. The Hall–Kier alpha value is -2.68. The summed E-state index contributed by atoms with van der Waals surface area (Å²) in [6.45, 7) is 2.06. The molecule has 2 aromatic heterocycles. The third-order valence-corrected chi connectivity index (χ3v) is 4.96. The fourth-order valence-corrected chi connectivity index (χ4v) is 3.47. The van der Waals surface area contributed by atoms with Crippen molar-refractivity contribution < 1.29 is 18.0 Å². The van der Waals surface area contributed by atoms with Gasteiger partial charge in [-0.15, -0.1) is 16.4 Å². The number of alkyl halides is 3. The molecule has 27 heavy (non-hydrogen) atoms. The highest BCUT2D eigenvalue weighted by molar-refractivity contribution is 7.10. The number of aromatic nitrogens is 3. The van der Waals surface area contributed by atoms with Gasteiger partial charge in [-0.1, -0.05) is 30.3 Å². The van der Waals surface area contributed by atoms with Crippen molar-refractivity contribution in [3.8, 4) is 0 Å². The number of thiophene rings is 1. The van der Waals surface area contributed by atoms with Gasteiger partial charge in [0, 0.05) is 4.88 Å². The molecule has 1 atom stereocenters. The first-order chi connectivity index (χ1) is 12.9. The first-order valence-corrected chi connectivity index (χ1v) is 9.15. The SMILES string of the molecule is CC[C@H](NC(=O)c1cn(Cc2cccc(C(F)(F)F)c2)nn1)c1cccs1. The lowest BCUT2D eigenvalue weighted by Gasteiger charge is -2.14. The molecule has 0 spiro atoms. The van der Waals surface area contributed by atoms with E-state index in [4.69, 9.17) is 0 Å². The van der Waals surface area contributed by atoms with Crippen LogP contribution in [0.15, 0.2) is 48.0 Å². The van der Waals surface area contributed by atoms with E-state index in [1.54, 1.807) is 17.4 Å². The number of rotatable bonds is 6. The zero-order valence-corrected chi connectivity index (χ0v) is 15.2. The van der Waals surface area contributed by atoms with E-state index in [9.17, 15) is 18.0 Å². The van der Waals surface area contributed by atoms with Gasteiger partial charge < -0.3 is 5.32 Å². The summed E-state index contributed by atoms with van der Waals surface area (Å²) in [6, 6.07) is 8.73. The number of nitrogens with one attached hydrogen (secondary N) is 1. The Morgan fingerprint density at radius 2 is 2.11 bits per heavy atom. The van der Waals surface area contributed by atoms with Crippen LogP contribution in [-0.4, -0.2) is 20.9 Å². The average Bonchev–Trinajstić information content (AvgIpc) is 3.31. The molecule has 0 aliphatic carbocycles. The smallest absolute Gasteiger partial charge is 0.343 e. The van der Waals surface area contributed by atoms with Crippen molar-refractivity contribution in [3.63, 3.8) is 0 Å². The molecule has 1 aromatic carbocycles. The summed E-state index contributed by atoms with van der Waals surface area (Å²) in [5.41, 5.74) is -0.177. The number of hydrogen-bond donors (Lipinski definition) is 1. The van der Waals surface area contributed by atoms with Gasteiger partial charge >= 0.3 is 6.18 Å². The maximum atomic E-state index is 12.8. The van der Waals surface area contributed by atoms with Crippen molar-refractivity contribution in [3.05, 3.63) is 69.7 Å². The molecule has 142 valence electrons. The van der Waals surface area contributed by atoms with Crippen LogP contribution in [0, 0.1) is 0 Å². The van der Waals surface area contributed by atoms with Crippen molar-refractivity contribution in [1.82, 2.24) is 20.3 Å². The van der Waals surface area contributed by atoms with Crippen LogP contribution in [0.25, 0.3) is 0 Å². The second kappa shape index (κ2) is 7.91. The fourth-order valence-electron chi connectivity index (χ4n) is 2.61. The Morgan fingerprint density at radius 1 is 1.30 bits per heavy atom. The van der Waals surface area contributed by atoms with E-state index in [2.05, 4.69) is 15.6 Å². The first-order valence-electron chi connectivity index (χ1n) is 8.27. The summed E-state index contributed by atoms with van der Waals surface area (Å²) in [5, 5.41) is 12.5. The molecule has 0 unspecified atom stereocenters. The maximum absolute atomic E-state index is 12.8. The van der Waals surface area contributed by atoms with E-state index >= 15 is 0 Å². The zero-order valence-electron chi connectivity index (χ0n) is 14.4. The van der Waals surface area contributed by atoms with E-state index in [1.165, 1.54) is 16.9 Å². The monoisotopic (exact) mass is 394 g/mol. The lowest BCUT2D eigenvalue weighted by molar-refractivity contribution is -0.137. The van der Waals surface area contributed by atoms with Gasteiger partial charge in [-0.25, -0.2) is 4.68 Å². The second-order valence-corrected chi connectivity index (χ2v) is 6.93. The van der Waals surface area contributed by atoms with Gasteiger partial charge in [-0.2, -0.15) is 13.2 Å². The molecule has 3 aromatic rings. The van der Waals surface area contributed by atoms with Crippen LogP contribution in [-0.2, 0) is 12.7 Å². The number of carbonyl (C=O) groups is 1. The van der Waals surface area contributed by atoms with Gasteiger partial charge in [0.05, 0.1) is 24.3 Å². The highest BCUT2D eigenvalue weighted by atomic mass is 32.1. The Morgan fingerprint density at radius 3 is 2.78 bits per heavy atom. The van der Waals surface area contributed by atoms with Gasteiger partial charge in [0.25, 0.3) is 5.91 Å². The third kappa shape index (κ3) is 4.73. The van der Waals surface area contributed by atoms with E-state index in [0.717, 1.165) is 23.4 Å². The molecule has 0 radical (unpaired) electrons. The molecule has 1 N–H and O–H groups in total. The Kier molecular flexibility index (Phi) is 5.59. The van der Waals surface area contributed by atoms with Crippen LogP contribution in [0.3, 0.4) is 0 Å². The van der Waals surface area contributed by atoms with Gasteiger partial charge in [-0.05, 0) is 35.6 Å². The summed E-state index contributed by atoms with van der Waals surface area (Å²) < 4.78 is 39.7. The summed E-state index contributed by atoms with van der Waals surface area (Å²) in [5.74, 6) is -0.370. The van der Waals surface area contributed by atoms with Crippen LogP contribution < -0.4 is 5.32 Å². The summed E-state index contributed by atoms with van der Waals surface area (Å²) in [7, 11) is 0. The van der Waals surface area contributed by atoms with Crippen molar-refractivity contribution in [1.29, 1.82) is 0 Å². The molecule has 0 fully saturated rings. The van der Waals surface area contributed by atoms with Gasteiger partial charge in [-0.3, -0.25) is 4.79 Å². The summed E-state index contributed by atoms with van der Waals surface area (Å²) in [4.78, 5) is 13.4. The number of nitrogens with zero attached hydrogens (tertiary/aromatic N) is 3. The topological polar surface area (TPSA) is 59.8 Å². The largest absolute Gasteiger partial charge is 0.416 e. The number of halogens is 3. The summed E-state index contributed by atoms with van der Waals surface area (Å²) >= 11 is 1.56. The van der Waals surface area contributed by atoms with E-state index < -0.39 is 11.7 Å². The zero-order chi connectivity index (χ0) is 19.4. The molecule has 3 rings (SSSR count). The van der Waals surface area contributed by atoms with Gasteiger partial charge in [0.2, 0.25) is 0 Å². The van der Waals surface area contributed by atoms with Crippen molar-refractivity contribution >= 4 is 17.2 Å². The Balaban J connectivity index is 1.69. The molecule has 0 aliphatic heterocycles. The molecular weight excluding hydrogens is 377 g/mol. The number of amides is 1. The molecule has 2 heterocycles. The quantitative estimate of drug-likeness (QED) is 0.679. The van der Waals surface area contributed by atoms with Gasteiger partial charge in [0.1, 0.15) is 0 Å². The normalized spacial score (nSPS) is 12.7. The molecule has 1 amide bonds. The second-order valence-electron chi connectivity index (χ2n) is 5.95. The predicted octanol–water partition coefficient (Wildman–Crippen LogP) is 4.29. The third-order valence-electron chi connectivity index (χ3n) is 3.97. The highest BCUT2D eigenvalue weighted by Gasteiger charge is 2.30. The van der Waals surface area contributed by atoms with Crippen LogP contribution in [0.2, 0.25) is 0 Å². The Bertz CT molecular complexity index is 905. The first kappa shape index (κ1) is 19.1. The lowest BCUT2D eigenvalue weighted by atomic mass is 10.1. The van der Waals surface area contributed by atoms with E-state index in [1.807, 2.05) is 24.4 Å². The molecule has 0 aliphatic rings. The van der Waals surface area contributed by atoms with E-state index in [0.29, 0.717) is 5.56 Å². The van der Waals surface area contributed by atoms with Crippen molar-refractivity contribution in [2.75, 3.05) is 0 Å². The fraction of sp³-hybridized carbons (Fsp3) is 0.278. The molecular formula is C18H17F3N4OS. The minimum Gasteiger partial charge on any atom is -0.343 e. The number of hydrogen-bond acceptors (Lipinski definition) is 4. The van der Waals surface area contributed by atoms with Crippen LogP contribution in [0.5, 0.6) is 0 Å². The number of carbonyl (C=O) groups excluding carboxylic acids is 1. The Labute approximate surface area is 157 Å². The van der Waals surface area contributed by atoms with Crippen LogP contribution in [0.1, 0.15) is 45.9 Å². The predicted molar refractivity (Wildman–Crippen MR) is 95.4 cm³/mol. The van der Waals surface area contributed by atoms with Gasteiger partial charge in [0.15, 0.2) is 5.69 Å². The lowest BCUT2D eigenvalue weighted by Crippen LogP contribution is -2.27. The molecule has 5 nitrogen and oxygen atoms in total. The average molecular weight is 394 g/mol. The standard InChI is InChI=1S/C18H17F3N4OS/c1-2-14(16-7-4-8-27-16)22-17(26)15-11-25(24-23-15)10-12-5-3-6-13(9-12)18(19,20)21/h3-9,11,14H,2,10H2,1H3,(H,22,26)/t14-/m0/s1. The molecule has 0 saturated heterocycles. The van der Waals surface area contributed by atoms with E-state index in [-0.39, 0.29) is 24.2 Å². The molecule has 0 saturated carbocycles. The van der Waals surface area contributed by atoms with Crippen molar-refractivity contribution in [2.24, 2.45) is 0 Å². The molecule has 0 bridgehead atoms. The minimum absolute atomic E-state index is 0.0896. The highest BCUT2D eigenvalue weighted by Crippen LogP contribution is 2.29. The maximum Gasteiger partial charge on any atom is 0.416 e. The number of benzene rings is 1. The van der Waals surface area contributed by atoms with Crippen LogP contribution >= 0.6 is 11.3 Å².